The molecule has 0 heterocycles. The van der Waals surface area contributed by atoms with Gasteiger partial charge in [0.1, 0.15) is 17.3 Å². The Labute approximate surface area is 125 Å². The van der Waals surface area contributed by atoms with Crippen LogP contribution < -0.4 is 10.1 Å². The highest BCUT2D eigenvalue weighted by molar-refractivity contribution is 6.30. The van der Waals surface area contributed by atoms with Crippen LogP contribution in [0.4, 0.5) is 15.8 Å². The van der Waals surface area contributed by atoms with Gasteiger partial charge in [0.15, 0.2) is 0 Å². The Morgan fingerprint density at radius 2 is 2.10 bits per heavy atom. The van der Waals surface area contributed by atoms with E-state index in [-0.39, 0.29) is 17.3 Å². The fourth-order valence-corrected chi connectivity index (χ4v) is 1.99. The molecular weight excluding hydrogens is 299 g/mol. The quantitative estimate of drug-likeness (QED) is 0.669. The van der Waals surface area contributed by atoms with Gasteiger partial charge in [-0.05, 0) is 23.8 Å². The van der Waals surface area contributed by atoms with Gasteiger partial charge in [0.25, 0.3) is 5.69 Å². The average Bonchev–Trinajstić information content (AvgIpc) is 2.48. The van der Waals surface area contributed by atoms with Crippen molar-refractivity contribution < 1.29 is 14.1 Å². The largest absolute Gasteiger partial charge is 0.497 e. The zero-order valence-corrected chi connectivity index (χ0v) is 11.9. The highest BCUT2D eigenvalue weighted by Crippen LogP contribution is 2.29. The van der Waals surface area contributed by atoms with Crippen LogP contribution in [0.15, 0.2) is 36.4 Å². The number of nitrogens with zero attached hydrogens (tertiary/aromatic N) is 1. The minimum Gasteiger partial charge on any atom is -0.497 e. The summed E-state index contributed by atoms with van der Waals surface area (Å²) in [5.41, 5.74) is 0.960. The first kappa shape index (κ1) is 15.1. The van der Waals surface area contributed by atoms with Gasteiger partial charge < -0.3 is 10.1 Å². The molecule has 0 aliphatic heterocycles. The molecule has 0 aliphatic rings. The predicted molar refractivity (Wildman–Crippen MR) is 78.4 cm³/mol. The highest BCUT2D eigenvalue weighted by atomic mass is 35.5. The summed E-state index contributed by atoms with van der Waals surface area (Å²) in [6.07, 6.45) is 0. The molecule has 0 saturated carbocycles. The number of ether oxygens (including phenoxy) is 1. The minimum atomic E-state index is -0.507. The number of hydrogen-bond acceptors (Lipinski definition) is 4. The minimum absolute atomic E-state index is 0.00874. The number of nitro groups is 1. The van der Waals surface area contributed by atoms with Crippen LogP contribution in [0.1, 0.15) is 5.56 Å². The van der Waals surface area contributed by atoms with Gasteiger partial charge in [-0.1, -0.05) is 17.7 Å². The lowest BCUT2D eigenvalue weighted by Crippen LogP contribution is -2.03. The lowest BCUT2D eigenvalue weighted by atomic mass is 10.2. The number of halogens is 2. The van der Waals surface area contributed by atoms with E-state index in [0.29, 0.717) is 17.0 Å². The van der Waals surface area contributed by atoms with Crippen LogP contribution in [0.25, 0.3) is 0 Å². The van der Waals surface area contributed by atoms with E-state index in [1.807, 2.05) is 0 Å². The first-order valence-corrected chi connectivity index (χ1v) is 6.39. The summed E-state index contributed by atoms with van der Waals surface area (Å²) in [5.74, 6) is -0.00647. The molecule has 0 aliphatic carbocycles. The molecule has 0 amide bonds. The molecule has 0 radical (unpaired) electrons. The zero-order chi connectivity index (χ0) is 15.4. The molecule has 2 rings (SSSR count). The summed E-state index contributed by atoms with van der Waals surface area (Å²) in [7, 11) is 1.48. The number of nitrogens with one attached hydrogen (secondary N) is 1. The molecule has 110 valence electrons. The van der Waals surface area contributed by atoms with E-state index < -0.39 is 10.7 Å². The van der Waals surface area contributed by atoms with Crippen molar-refractivity contribution in [2.45, 2.75) is 6.54 Å². The van der Waals surface area contributed by atoms with E-state index in [0.717, 1.165) is 0 Å². The third-order valence-electron chi connectivity index (χ3n) is 2.87. The summed E-state index contributed by atoms with van der Waals surface area (Å²) >= 11 is 5.69. The van der Waals surface area contributed by atoms with E-state index in [1.54, 1.807) is 6.07 Å². The average molecular weight is 311 g/mol. The second-order valence-corrected chi connectivity index (χ2v) is 4.65. The maximum atomic E-state index is 13.1. The Hall–Kier alpha value is -2.34. The molecule has 0 spiro atoms. The highest BCUT2D eigenvalue weighted by Gasteiger charge is 2.14. The number of hydrogen-bond donors (Lipinski definition) is 1. The third-order valence-corrected chi connectivity index (χ3v) is 3.16. The van der Waals surface area contributed by atoms with Crippen molar-refractivity contribution >= 4 is 23.0 Å². The smallest absolute Gasteiger partial charge is 0.292 e. The van der Waals surface area contributed by atoms with Crippen molar-refractivity contribution in [1.29, 1.82) is 0 Å². The van der Waals surface area contributed by atoms with Gasteiger partial charge in [-0.25, -0.2) is 4.39 Å². The summed E-state index contributed by atoms with van der Waals surface area (Å²) < 4.78 is 18.1. The predicted octanol–water partition coefficient (Wildman–Crippen LogP) is 4.01. The van der Waals surface area contributed by atoms with Crippen molar-refractivity contribution in [2.24, 2.45) is 0 Å². The SMILES string of the molecule is COc1ccc([N+](=O)[O-])c(NCc2ccc(F)c(Cl)c2)c1. The van der Waals surface area contributed by atoms with Gasteiger partial charge in [-0.15, -0.1) is 0 Å². The van der Waals surface area contributed by atoms with Gasteiger partial charge in [-0.3, -0.25) is 10.1 Å². The van der Waals surface area contributed by atoms with Crippen LogP contribution in [-0.2, 0) is 6.54 Å². The fraction of sp³-hybridized carbons (Fsp3) is 0.143. The molecule has 5 nitrogen and oxygen atoms in total. The fourth-order valence-electron chi connectivity index (χ4n) is 1.79. The molecule has 2 aromatic carbocycles. The first-order valence-electron chi connectivity index (χ1n) is 6.01. The monoisotopic (exact) mass is 310 g/mol. The maximum Gasteiger partial charge on any atom is 0.292 e. The van der Waals surface area contributed by atoms with Crippen molar-refractivity contribution in [1.82, 2.24) is 0 Å². The molecule has 0 saturated heterocycles. The van der Waals surface area contributed by atoms with E-state index in [9.17, 15) is 14.5 Å². The maximum absolute atomic E-state index is 13.1. The van der Waals surface area contributed by atoms with Gasteiger partial charge in [0, 0.05) is 18.7 Å². The molecule has 0 bridgehead atoms. The van der Waals surface area contributed by atoms with E-state index in [1.165, 1.54) is 37.4 Å². The van der Waals surface area contributed by atoms with Crippen LogP contribution >= 0.6 is 11.6 Å². The van der Waals surface area contributed by atoms with E-state index in [4.69, 9.17) is 16.3 Å². The number of benzene rings is 2. The van der Waals surface area contributed by atoms with Crippen molar-refractivity contribution in [3.05, 3.63) is 62.9 Å². The first-order chi connectivity index (χ1) is 10.0. The number of nitro benzene ring substituents is 1. The zero-order valence-electron chi connectivity index (χ0n) is 11.1. The molecule has 21 heavy (non-hydrogen) atoms. The molecule has 0 aromatic heterocycles. The van der Waals surface area contributed by atoms with Crippen LogP contribution in [0.5, 0.6) is 5.75 Å². The lowest BCUT2D eigenvalue weighted by molar-refractivity contribution is -0.384. The second kappa shape index (κ2) is 6.41. The third kappa shape index (κ3) is 3.61. The molecule has 2 aromatic rings. The lowest BCUT2D eigenvalue weighted by Gasteiger charge is -2.09. The Bertz CT molecular complexity index is 679. The van der Waals surface area contributed by atoms with E-state index >= 15 is 0 Å². The summed E-state index contributed by atoms with van der Waals surface area (Å²) in [4.78, 5) is 10.5. The van der Waals surface area contributed by atoms with Gasteiger partial charge in [-0.2, -0.15) is 0 Å². The summed E-state index contributed by atoms with van der Waals surface area (Å²) in [6, 6.07) is 8.68. The van der Waals surface area contributed by atoms with Crippen molar-refractivity contribution in [2.75, 3.05) is 12.4 Å². The normalized spacial score (nSPS) is 10.2. The molecule has 0 atom stereocenters. The van der Waals surface area contributed by atoms with Gasteiger partial charge >= 0.3 is 0 Å². The van der Waals surface area contributed by atoms with Gasteiger partial charge in [0.2, 0.25) is 0 Å². The van der Waals surface area contributed by atoms with Gasteiger partial charge in [0.05, 0.1) is 17.1 Å². The number of rotatable bonds is 5. The van der Waals surface area contributed by atoms with Crippen molar-refractivity contribution in [3.8, 4) is 5.75 Å². The Morgan fingerprint density at radius 1 is 1.33 bits per heavy atom. The Morgan fingerprint density at radius 3 is 2.71 bits per heavy atom. The topological polar surface area (TPSA) is 64.4 Å². The van der Waals surface area contributed by atoms with Crippen LogP contribution in [0.3, 0.4) is 0 Å². The molecule has 0 fully saturated rings. The molecule has 1 N–H and O–H groups in total. The molecule has 7 heteroatoms. The number of anilines is 1. The summed E-state index contributed by atoms with van der Waals surface area (Å²) in [6.45, 7) is 0.272. The molecular formula is C14H12ClFN2O3. The van der Waals surface area contributed by atoms with Crippen LogP contribution in [0, 0.1) is 15.9 Å². The molecule has 0 unspecified atom stereocenters. The Kier molecular flexibility index (Phi) is 4.59. The summed E-state index contributed by atoms with van der Waals surface area (Å²) in [5, 5.41) is 13.9. The van der Waals surface area contributed by atoms with Crippen LogP contribution in [-0.4, -0.2) is 12.0 Å². The number of methoxy groups -OCH3 is 1. The van der Waals surface area contributed by atoms with E-state index in [2.05, 4.69) is 5.32 Å². The van der Waals surface area contributed by atoms with Crippen LogP contribution in [0.2, 0.25) is 5.02 Å². The van der Waals surface area contributed by atoms with Crippen molar-refractivity contribution in [3.63, 3.8) is 0 Å². The Balaban J connectivity index is 2.21. The standard InChI is InChI=1S/C14H12ClFN2O3/c1-21-10-3-5-14(18(19)20)13(7-10)17-8-9-2-4-12(16)11(15)6-9/h2-7,17H,8H2,1H3. The second-order valence-electron chi connectivity index (χ2n) is 4.24.